The fourth-order valence-corrected chi connectivity index (χ4v) is 5.15. The van der Waals surface area contributed by atoms with Gasteiger partial charge in [-0.1, -0.05) is 18.6 Å². The van der Waals surface area contributed by atoms with Crippen molar-refractivity contribution in [2.75, 3.05) is 0 Å². The number of thiazole rings is 1. The van der Waals surface area contributed by atoms with Crippen molar-refractivity contribution in [2.45, 2.75) is 38.5 Å². The number of hydrogen-bond donors (Lipinski definition) is 0. The van der Waals surface area contributed by atoms with Gasteiger partial charge in [-0.15, -0.1) is 11.3 Å². The van der Waals surface area contributed by atoms with Crippen molar-refractivity contribution < 1.29 is 4.79 Å². The Balaban J connectivity index is 1.42. The molecule has 0 N–H and O–H groups in total. The highest BCUT2D eigenvalue weighted by Crippen LogP contribution is 2.49. The maximum Gasteiger partial charge on any atom is 0.139 e. The summed E-state index contributed by atoms with van der Waals surface area (Å²) in [5, 5.41) is 0.986. The maximum absolute atomic E-state index is 12.3. The molecule has 20 heavy (non-hydrogen) atoms. The third-order valence-corrected chi connectivity index (χ3v) is 6.10. The van der Waals surface area contributed by atoms with E-state index in [0.29, 0.717) is 18.1 Å². The summed E-state index contributed by atoms with van der Waals surface area (Å²) in [6.45, 7) is 0. The van der Waals surface area contributed by atoms with Gasteiger partial charge in [-0.25, -0.2) is 4.98 Å². The van der Waals surface area contributed by atoms with Gasteiger partial charge in [0.2, 0.25) is 0 Å². The number of hydrogen-bond acceptors (Lipinski definition) is 3. The van der Waals surface area contributed by atoms with E-state index in [1.807, 2.05) is 18.2 Å². The van der Waals surface area contributed by atoms with Crippen molar-refractivity contribution in [3.8, 4) is 0 Å². The van der Waals surface area contributed by atoms with Crippen LogP contribution in [0.4, 0.5) is 0 Å². The van der Waals surface area contributed by atoms with Crippen LogP contribution in [-0.2, 0) is 11.2 Å². The minimum absolute atomic E-state index is 0.390. The maximum atomic E-state index is 12.3. The van der Waals surface area contributed by atoms with Crippen LogP contribution in [0, 0.1) is 17.8 Å². The molecule has 2 aliphatic rings. The van der Waals surface area contributed by atoms with Crippen LogP contribution < -0.4 is 0 Å². The van der Waals surface area contributed by atoms with E-state index in [9.17, 15) is 4.79 Å². The Kier molecular flexibility index (Phi) is 3.10. The van der Waals surface area contributed by atoms with Gasteiger partial charge in [-0.2, -0.15) is 0 Å². The van der Waals surface area contributed by atoms with E-state index in [4.69, 9.17) is 0 Å². The predicted octanol–water partition coefficient (Wildman–Crippen LogP) is 4.23. The van der Waals surface area contributed by atoms with Crippen LogP contribution in [0.25, 0.3) is 10.2 Å². The average molecular weight is 285 g/mol. The van der Waals surface area contributed by atoms with Crippen LogP contribution >= 0.6 is 11.3 Å². The van der Waals surface area contributed by atoms with Crippen molar-refractivity contribution in [3.05, 3.63) is 29.3 Å². The molecule has 104 valence electrons. The van der Waals surface area contributed by atoms with Gasteiger partial charge in [0.05, 0.1) is 16.6 Å². The third-order valence-electron chi connectivity index (χ3n) is 5.06. The molecule has 2 bridgehead atoms. The lowest BCUT2D eigenvalue weighted by Crippen LogP contribution is -2.16. The standard InChI is InChI=1S/C17H19NOS/c19-14(9-13-8-11-5-6-12(13)7-11)10-17-18-15-3-1-2-4-16(15)20-17/h1-4,11-13H,5-10H2/t11-,12+,13?/m0/s1. The minimum Gasteiger partial charge on any atom is -0.299 e. The summed E-state index contributed by atoms with van der Waals surface area (Å²) in [5.74, 6) is 2.84. The first kappa shape index (κ1) is 12.5. The van der Waals surface area contributed by atoms with E-state index in [1.54, 1.807) is 11.3 Å². The number of benzene rings is 1. The molecule has 1 aromatic heterocycles. The van der Waals surface area contributed by atoms with Gasteiger partial charge in [-0.05, 0) is 49.1 Å². The zero-order valence-corrected chi connectivity index (χ0v) is 12.4. The summed E-state index contributed by atoms with van der Waals surface area (Å²) in [6, 6.07) is 8.14. The number of ketones is 1. The number of fused-ring (bicyclic) bond motifs is 3. The fraction of sp³-hybridized carbons (Fsp3) is 0.529. The molecule has 0 radical (unpaired) electrons. The molecule has 3 atom stereocenters. The van der Waals surface area contributed by atoms with Crippen LogP contribution in [0.1, 0.15) is 37.1 Å². The van der Waals surface area contributed by atoms with E-state index in [1.165, 1.54) is 30.4 Å². The summed E-state index contributed by atoms with van der Waals surface area (Å²) in [7, 11) is 0. The van der Waals surface area contributed by atoms with Crippen molar-refractivity contribution in [3.63, 3.8) is 0 Å². The zero-order valence-electron chi connectivity index (χ0n) is 11.5. The van der Waals surface area contributed by atoms with E-state index in [-0.39, 0.29) is 0 Å². The highest BCUT2D eigenvalue weighted by Gasteiger charge is 2.39. The Morgan fingerprint density at radius 1 is 1.25 bits per heavy atom. The van der Waals surface area contributed by atoms with Crippen molar-refractivity contribution in [1.82, 2.24) is 4.98 Å². The van der Waals surface area contributed by atoms with Crippen molar-refractivity contribution in [1.29, 1.82) is 0 Å². The molecule has 4 rings (SSSR count). The summed E-state index contributed by atoms with van der Waals surface area (Å²) in [6.07, 6.45) is 6.79. The number of para-hydroxylation sites is 1. The second-order valence-corrected chi connectivity index (χ2v) is 7.55. The number of nitrogens with zero attached hydrogens (tertiary/aromatic N) is 1. The summed E-state index contributed by atoms with van der Waals surface area (Å²) >= 11 is 1.67. The largest absolute Gasteiger partial charge is 0.299 e. The summed E-state index contributed by atoms with van der Waals surface area (Å²) in [5.41, 5.74) is 1.03. The smallest absolute Gasteiger partial charge is 0.139 e. The molecule has 1 unspecified atom stereocenters. The van der Waals surface area contributed by atoms with E-state index >= 15 is 0 Å². The van der Waals surface area contributed by atoms with Gasteiger partial charge in [0.15, 0.2) is 0 Å². The third kappa shape index (κ3) is 2.28. The second-order valence-electron chi connectivity index (χ2n) is 6.43. The van der Waals surface area contributed by atoms with Crippen LogP contribution in [0.2, 0.25) is 0 Å². The Morgan fingerprint density at radius 3 is 2.90 bits per heavy atom. The van der Waals surface area contributed by atoms with E-state index in [0.717, 1.165) is 28.8 Å². The predicted molar refractivity (Wildman–Crippen MR) is 81.9 cm³/mol. The van der Waals surface area contributed by atoms with Crippen molar-refractivity contribution >= 4 is 27.3 Å². The summed E-state index contributed by atoms with van der Waals surface area (Å²) in [4.78, 5) is 16.9. The molecule has 2 fully saturated rings. The Bertz CT molecular complexity index is 614. The molecule has 2 nitrogen and oxygen atoms in total. The van der Waals surface area contributed by atoms with Gasteiger partial charge in [0.1, 0.15) is 10.8 Å². The topological polar surface area (TPSA) is 30.0 Å². The van der Waals surface area contributed by atoms with E-state index in [2.05, 4.69) is 11.1 Å². The molecule has 0 saturated heterocycles. The van der Waals surface area contributed by atoms with Gasteiger partial charge in [-0.3, -0.25) is 4.79 Å². The number of Topliss-reactive ketones (excluding diaryl/α,β-unsaturated/α-hetero) is 1. The normalized spacial score (nSPS) is 28.3. The van der Waals surface area contributed by atoms with Crippen LogP contribution in [0.15, 0.2) is 24.3 Å². The molecule has 2 saturated carbocycles. The molecular formula is C17H19NOS. The molecular weight excluding hydrogens is 266 g/mol. The van der Waals surface area contributed by atoms with Crippen molar-refractivity contribution in [2.24, 2.45) is 17.8 Å². The quantitative estimate of drug-likeness (QED) is 0.841. The molecule has 1 heterocycles. The van der Waals surface area contributed by atoms with Crippen LogP contribution in [-0.4, -0.2) is 10.8 Å². The SMILES string of the molecule is O=C(Cc1nc2ccccc2s1)CC1C[C@H]2CC[C@@H]1C2. The molecule has 0 amide bonds. The molecule has 1 aromatic carbocycles. The first-order chi connectivity index (χ1) is 9.78. The number of carbonyl (C=O) groups excluding carboxylic acids is 1. The monoisotopic (exact) mass is 285 g/mol. The van der Waals surface area contributed by atoms with Crippen LogP contribution in [0.5, 0.6) is 0 Å². The molecule has 2 aliphatic carbocycles. The highest BCUT2D eigenvalue weighted by atomic mass is 32.1. The second kappa shape index (κ2) is 4.96. The Labute approximate surface area is 123 Å². The lowest BCUT2D eigenvalue weighted by molar-refractivity contribution is -0.119. The Hall–Kier alpha value is -1.22. The van der Waals surface area contributed by atoms with Gasteiger partial charge in [0.25, 0.3) is 0 Å². The summed E-state index contributed by atoms with van der Waals surface area (Å²) < 4.78 is 1.19. The average Bonchev–Trinajstić information content (AvgIpc) is 3.11. The number of rotatable bonds is 4. The molecule has 2 aromatic rings. The first-order valence-corrected chi connectivity index (χ1v) is 8.46. The Morgan fingerprint density at radius 2 is 2.15 bits per heavy atom. The number of carbonyl (C=O) groups is 1. The van der Waals surface area contributed by atoms with Crippen LogP contribution in [0.3, 0.4) is 0 Å². The van der Waals surface area contributed by atoms with Gasteiger partial charge >= 0.3 is 0 Å². The number of aromatic nitrogens is 1. The molecule has 3 heteroatoms. The first-order valence-electron chi connectivity index (χ1n) is 7.64. The molecule has 0 aliphatic heterocycles. The fourth-order valence-electron chi connectivity index (χ4n) is 4.16. The molecule has 0 spiro atoms. The minimum atomic E-state index is 0.390. The van der Waals surface area contributed by atoms with Gasteiger partial charge in [0, 0.05) is 6.42 Å². The van der Waals surface area contributed by atoms with Gasteiger partial charge < -0.3 is 0 Å². The highest BCUT2D eigenvalue weighted by molar-refractivity contribution is 7.18. The lowest BCUT2D eigenvalue weighted by Gasteiger charge is -2.20. The lowest BCUT2D eigenvalue weighted by atomic mass is 9.85. The van der Waals surface area contributed by atoms with E-state index < -0.39 is 0 Å². The zero-order chi connectivity index (χ0) is 13.5.